The molecule has 0 aliphatic carbocycles. The van der Waals surface area contributed by atoms with Gasteiger partial charge in [-0.15, -0.1) is 0 Å². The molecule has 2 aromatic rings. The van der Waals surface area contributed by atoms with E-state index < -0.39 is 10.2 Å². The van der Waals surface area contributed by atoms with E-state index in [1.165, 1.54) is 0 Å². The highest BCUT2D eigenvalue weighted by atomic mass is 32.2. The van der Waals surface area contributed by atoms with Gasteiger partial charge in [-0.05, 0) is 12.1 Å². The van der Waals surface area contributed by atoms with Crippen molar-refractivity contribution < 1.29 is 12.8 Å². The van der Waals surface area contributed by atoms with Crippen LogP contribution in [0.4, 0.5) is 0 Å². The smallest absolute Gasteiger partial charge is 0.277 e. The average molecular weight is 238 g/mol. The lowest BCUT2D eigenvalue weighted by atomic mass is 10.2. The van der Waals surface area contributed by atoms with Crippen LogP contribution in [0.25, 0.3) is 11.0 Å². The number of nitrogens with one attached hydrogen (secondary N) is 2. The zero-order valence-corrected chi connectivity index (χ0v) is 9.12. The first-order valence-corrected chi connectivity index (χ1v) is 6.38. The highest BCUT2D eigenvalue weighted by Gasteiger charge is 2.29. The van der Waals surface area contributed by atoms with Crippen LogP contribution in [0.3, 0.4) is 0 Å². The molecule has 0 amide bonds. The van der Waals surface area contributed by atoms with Gasteiger partial charge in [-0.25, -0.2) is 4.72 Å². The molecular weight excluding hydrogens is 228 g/mol. The first kappa shape index (κ1) is 9.83. The van der Waals surface area contributed by atoms with Crippen LogP contribution in [0.1, 0.15) is 11.8 Å². The van der Waals surface area contributed by atoms with E-state index in [0.717, 1.165) is 11.0 Å². The Hall–Kier alpha value is -1.37. The van der Waals surface area contributed by atoms with Crippen LogP contribution in [0.5, 0.6) is 0 Å². The standard InChI is InChI=1S/C10H10N2O3S/c13-16(14)11-6-8(12-16)10-5-7-3-1-2-4-9(7)15-10/h1-5,8,11-12H,6H2/t8-/m0/s1. The van der Waals surface area contributed by atoms with E-state index in [-0.39, 0.29) is 6.04 Å². The Morgan fingerprint density at radius 2 is 2.12 bits per heavy atom. The minimum atomic E-state index is -3.34. The Balaban J connectivity index is 2.01. The van der Waals surface area contributed by atoms with E-state index in [2.05, 4.69) is 9.44 Å². The van der Waals surface area contributed by atoms with Gasteiger partial charge in [0, 0.05) is 11.9 Å². The van der Waals surface area contributed by atoms with Crippen molar-refractivity contribution in [1.29, 1.82) is 0 Å². The van der Waals surface area contributed by atoms with Gasteiger partial charge in [0.25, 0.3) is 10.2 Å². The third-order valence-electron chi connectivity index (χ3n) is 2.56. The summed E-state index contributed by atoms with van der Waals surface area (Å²) in [6.07, 6.45) is 0. The normalized spacial score (nSPS) is 23.9. The number of rotatable bonds is 1. The predicted octanol–water partition coefficient (Wildman–Crippen LogP) is 0.911. The van der Waals surface area contributed by atoms with Crippen molar-refractivity contribution in [3.05, 3.63) is 36.1 Å². The maximum Gasteiger partial charge on any atom is 0.277 e. The first-order valence-electron chi connectivity index (χ1n) is 4.89. The first-order chi connectivity index (χ1) is 7.64. The minimum Gasteiger partial charge on any atom is -0.459 e. The number of hydrogen-bond acceptors (Lipinski definition) is 3. The van der Waals surface area contributed by atoms with Crippen molar-refractivity contribution in [1.82, 2.24) is 9.44 Å². The summed E-state index contributed by atoms with van der Waals surface area (Å²) < 4.78 is 32.8. The highest BCUT2D eigenvalue weighted by molar-refractivity contribution is 7.87. The fourth-order valence-corrected chi connectivity index (χ4v) is 2.84. The van der Waals surface area contributed by atoms with Gasteiger partial charge in [-0.2, -0.15) is 13.1 Å². The molecule has 2 heterocycles. The summed E-state index contributed by atoms with van der Waals surface area (Å²) in [5.74, 6) is 0.634. The molecule has 16 heavy (non-hydrogen) atoms. The number of hydrogen-bond donors (Lipinski definition) is 2. The van der Waals surface area contributed by atoms with Crippen molar-refractivity contribution in [2.45, 2.75) is 6.04 Å². The molecule has 6 heteroatoms. The molecule has 84 valence electrons. The molecule has 3 rings (SSSR count). The summed E-state index contributed by atoms with van der Waals surface area (Å²) in [6.45, 7) is 0.322. The SMILES string of the molecule is O=S1(=O)NC[C@@H](c2cc3ccccc3o2)N1. The molecule has 1 aliphatic heterocycles. The number of para-hydroxylation sites is 1. The van der Waals surface area contributed by atoms with Crippen LogP contribution >= 0.6 is 0 Å². The van der Waals surface area contributed by atoms with Gasteiger partial charge in [-0.1, -0.05) is 18.2 Å². The second kappa shape index (κ2) is 3.31. The summed E-state index contributed by atoms with van der Waals surface area (Å²) >= 11 is 0. The number of fused-ring (bicyclic) bond motifs is 1. The Labute approximate surface area is 92.6 Å². The van der Waals surface area contributed by atoms with Crippen LogP contribution < -0.4 is 9.44 Å². The second-order valence-electron chi connectivity index (χ2n) is 3.71. The van der Waals surface area contributed by atoms with E-state index in [1.807, 2.05) is 30.3 Å². The summed E-state index contributed by atoms with van der Waals surface area (Å²) in [7, 11) is -3.34. The van der Waals surface area contributed by atoms with Gasteiger partial charge in [0.1, 0.15) is 11.3 Å². The van der Waals surface area contributed by atoms with Crippen molar-refractivity contribution in [2.24, 2.45) is 0 Å². The van der Waals surface area contributed by atoms with Crippen LogP contribution in [0.2, 0.25) is 0 Å². The lowest BCUT2D eigenvalue weighted by Gasteiger charge is -2.01. The monoisotopic (exact) mass is 238 g/mol. The average Bonchev–Trinajstić information content (AvgIpc) is 2.80. The zero-order chi connectivity index (χ0) is 11.2. The van der Waals surface area contributed by atoms with Gasteiger partial charge in [0.05, 0.1) is 6.04 Å². The molecule has 1 saturated heterocycles. The molecule has 0 radical (unpaired) electrons. The van der Waals surface area contributed by atoms with Crippen molar-refractivity contribution in [3.63, 3.8) is 0 Å². The van der Waals surface area contributed by atoms with E-state index >= 15 is 0 Å². The molecule has 1 aromatic carbocycles. The summed E-state index contributed by atoms with van der Waals surface area (Å²) in [5.41, 5.74) is 0.767. The topological polar surface area (TPSA) is 71.3 Å². The number of furan rings is 1. The fraction of sp³-hybridized carbons (Fsp3) is 0.200. The molecule has 0 bridgehead atoms. The van der Waals surface area contributed by atoms with Crippen molar-refractivity contribution in [3.8, 4) is 0 Å². The van der Waals surface area contributed by atoms with Crippen LogP contribution in [0.15, 0.2) is 34.7 Å². The van der Waals surface area contributed by atoms with Crippen molar-refractivity contribution in [2.75, 3.05) is 6.54 Å². The summed E-state index contributed by atoms with van der Waals surface area (Å²) in [5, 5.41) is 0.976. The second-order valence-corrected chi connectivity index (χ2v) is 5.24. The highest BCUT2D eigenvalue weighted by Crippen LogP contribution is 2.25. The number of benzene rings is 1. The van der Waals surface area contributed by atoms with E-state index in [9.17, 15) is 8.42 Å². The fourth-order valence-electron chi connectivity index (χ4n) is 1.80. The molecular formula is C10H10N2O3S. The van der Waals surface area contributed by atoms with Crippen LogP contribution in [-0.2, 0) is 10.2 Å². The van der Waals surface area contributed by atoms with Crippen LogP contribution in [0, 0.1) is 0 Å². The molecule has 0 saturated carbocycles. The maximum absolute atomic E-state index is 11.2. The Morgan fingerprint density at radius 1 is 1.31 bits per heavy atom. The molecule has 0 unspecified atom stereocenters. The minimum absolute atomic E-state index is 0.322. The van der Waals surface area contributed by atoms with E-state index in [4.69, 9.17) is 4.42 Å². The van der Waals surface area contributed by atoms with E-state index in [1.54, 1.807) is 0 Å². The molecule has 1 fully saturated rings. The largest absolute Gasteiger partial charge is 0.459 e. The third-order valence-corrected chi connectivity index (χ3v) is 3.70. The van der Waals surface area contributed by atoms with Gasteiger partial charge in [0.2, 0.25) is 0 Å². The van der Waals surface area contributed by atoms with Gasteiger partial charge < -0.3 is 4.42 Å². The molecule has 1 aliphatic rings. The van der Waals surface area contributed by atoms with Crippen LogP contribution in [-0.4, -0.2) is 15.0 Å². The summed E-state index contributed by atoms with van der Waals surface area (Å²) in [6, 6.07) is 9.12. The lowest BCUT2D eigenvalue weighted by Crippen LogP contribution is -2.23. The maximum atomic E-state index is 11.2. The molecule has 1 atom stereocenters. The third kappa shape index (κ3) is 1.60. The Bertz CT molecular complexity index is 599. The molecule has 0 spiro atoms. The molecule has 2 N–H and O–H groups in total. The van der Waals surface area contributed by atoms with Gasteiger partial charge in [0.15, 0.2) is 0 Å². The Morgan fingerprint density at radius 3 is 2.81 bits per heavy atom. The molecule has 5 nitrogen and oxygen atoms in total. The quantitative estimate of drug-likeness (QED) is 0.775. The van der Waals surface area contributed by atoms with Gasteiger partial charge in [-0.3, -0.25) is 0 Å². The van der Waals surface area contributed by atoms with Crippen molar-refractivity contribution >= 4 is 21.2 Å². The van der Waals surface area contributed by atoms with Gasteiger partial charge >= 0.3 is 0 Å². The molecule has 1 aromatic heterocycles. The lowest BCUT2D eigenvalue weighted by molar-refractivity contribution is 0.489. The Kier molecular flexibility index (Phi) is 2.03. The van der Waals surface area contributed by atoms with E-state index in [0.29, 0.717) is 12.3 Å². The zero-order valence-electron chi connectivity index (χ0n) is 8.30. The summed E-state index contributed by atoms with van der Waals surface area (Å²) in [4.78, 5) is 0. The predicted molar refractivity (Wildman–Crippen MR) is 59.0 cm³/mol.